The highest BCUT2D eigenvalue weighted by atomic mass is 32.2. The fourth-order valence-electron chi connectivity index (χ4n) is 5.29. The summed E-state index contributed by atoms with van der Waals surface area (Å²) in [7, 11) is 0. The van der Waals surface area contributed by atoms with Crippen molar-refractivity contribution in [1.82, 2.24) is 5.32 Å². The van der Waals surface area contributed by atoms with Crippen LogP contribution >= 0.6 is 11.8 Å². The summed E-state index contributed by atoms with van der Waals surface area (Å²) in [5.74, 6) is -0.382. The fourth-order valence-corrected chi connectivity index (χ4v) is 6.31. The minimum atomic E-state index is -0.590. The summed E-state index contributed by atoms with van der Waals surface area (Å²) >= 11 is 1.36. The van der Waals surface area contributed by atoms with E-state index in [1.165, 1.54) is 24.8 Å². The fraction of sp³-hybridized carbons (Fsp3) is 0.0698. The molecule has 1 atom stereocenters. The summed E-state index contributed by atoms with van der Waals surface area (Å²) in [5, 5.41) is 10.7. The number of furan rings is 1. The third-order valence-electron chi connectivity index (χ3n) is 7.96. The predicted octanol–water partition coefficient (Wildman–Crippen LogP) is 9.10. The molecule has 9 nitrogen and oxygen atoms in total. The molecular formula is C43H36N4O5S. The van der Waals surface area contributed by atoms with Gasteiger partial charge in [0, 0.05) is 46.1 Å². The average molecular weight is 721 g/mol. The van der Waals surface area contributed by atoms with Crippen molar-refractivity contribution in [2.24, 2.45) is 0 Å². The summed E-state index contributed by atoms with van der Waals surface area (Å²) < 4.78 is 6.03. The standard InChI is InChI=1S/C43H36N4O5S/c1-28-13-15-30(16-14-28)39-26-23-36(52-39)27-38(47-41(49)32-11-7-4-8-12-32)42(50)45-35-21-24-37(25-22-35)53-40(31-9-5-3-6-10-31)43(51)46-34-19-17-33(18-20-34)44-29(2)48/h3-27,40H,1-2H3,(H,44,48)(H,45,50)(H,46,51)(H,47,49)/b38-27-. The van der Waals surface area contributed by atoms with Crippen molar-refractivity contribution in [2.75, 3.05) is 16.0 Å². The molecule has 10 heteroatoms. The quantitative estimate of drug-likeness (QED) is 0.0738. The molecule has 0 aliphatic carbocycles. The number of hydrogen-bond acceptors (Lipinski definition) is 6. The number of thioether (sulfide) groups is 1. The molecule has 0 radical (unpaired) electrons. The zero-order valence-corrected chi connectivity index (χ0v) is 29.8. The van der Waals surface area contributed by atoms with Gasteiger partial charge in [-0.2, -0.15) is 0 Å². The van der Waals surface area contributed by atoms with E-state index < -0.39 is 17.1 Å². The molecule has 1 unspecified atom stereocenters. The predicted molar refractivity (Wildman–Crippen MR) is 210 cm³/mol. The van der Waals surface area contributed by atoms with Gasteiger partial charge in [0.15, 0.2) is 0 Å². The maximum atomic E-state index is 13.7. The van der Waals surface area contributed by atoms with E-state index in [-0.39, 0.29) is 17.5 Å². The Morgan fingerprint density at radius 2 is 1.23 bits per heavy atom. The van der Waals surface area contributed by atoms with E-state index in [0.29, 0.717) is 34.1 Å². The maximum absolute atomic E-state index is 13.7. The lowest BCUT2D eigenvalue weighted by Gasteiger charge is -2.18. The van der Waals surface area contributed by atoms with Gasteiger partial charge in [-0.05, 0) is 85.3 Å². The number of nitrogens with one attached hydrogen (secondary N) is 4. The molecule has 264 valence electrons. The van der Waals surface area contributed by atoms with Crippen LogP contribution in [0.4, 0.5) is 17.1 Å². The lowest BCUT2D eigenvalue weighted by Crippen LogP contribution is -2.30. The van der Waals surface area contributed by atoms with Crippen molar-refractivity contribution in [3.8, 4) is 11.3 Å². The van der Waals surface area contributed by atoms with Crippen LogP contribution in [0.15, 0.2) is 161 Å². The molecule has 0 fully saturated rings. The Kier molecular flexibility index (Phi) is 11.6. The first-order valence-electron chi connectivity index (χ1n) is 16.8. The number of amides is 4. The van der Waals surface area contributed by atoms with Crippen LogP contribution in [-0.4, -0.2) is 23.6 Å². The minimum Gasteiger partial charge on any atom is -0.457 e. The second-order valence-electron chi connectivity index (χ2n) is 12.1. The third kappa shape index (κ3) is 9.99. The first-order chi connectivity index (χ1) is 25.7. The normalized spacial score (nSPS) is 11.6. The van der Waals surface area contributed by atoms with Gasteiger partial charge in [-0.1, -0.05) is 78.4 Å². The minimum absolute atomic E-state index is 0.00645. The number of hydrogen-bond donors (Lipinski definition) is 4. The third-order valence-corrected chi connectivity index (χ3v) is 9.22. The molecule has 1 heterocycles. The van der Waals surface area contributed by atoms with Gasteiger partial charge >= 0.3 is 0 Å². The van der Waals surface area contributed by atoms with Crippen LogP contribution in [0.3, 0.4) is 0 Å². The van der Waals surface area contributed by atoms with Gasteiger partial charge in [-0.25, -0.2) is 0 Å². The Morgan fingerprint density at radius 1 is 0.642 bits per heavy atom. The Hall–Kier alpha value is -6.65. The first kappa shape index (κ1) is 36.2. The SMILES string of the molecule is CC(=O)Nc1ccc(NC(=O)C(Sc2ccc(NC(=O)/C(=C/c3ccc(-c4ccc(C)cc4)o3)NC(=O)c3ccccc3)cc2)c2ccccc2)cc1. The van der Waals surface area contributed by atoms with E-state index in [9.17, 15) is 19.2 Å². The van der Waals surface area contributed by atoms with Crippen LogP contribution in [0.5, 0.6) is 0 Å². The largest absolute Gasteiger partial charge is 0.457 e. The molecule has 0 saturated heterocycles. The second kappa shape index (κ2) is 17.0. The Balaban J connectivity index is 1.18. The lowest BCUT2D eigenvalue weighted by atomic mass is 10.1. The van der Waals surface area contributed by atoms with Gasteiger partial charge < -0.3 is 25.7 Å². The van der Waals surface area contributed by atoms with Crippen LogP contribution in [0.25, 0.3) is 17.4 Å². The zero-order chi connectivity index (χ0) is 37.2. The topological polar surface area (TPSA) is 130 Å². The van der Waals surface area contributed by atoms with Crippen LogP contribution in [0.2, 0.25) is 0 Å². The molecule has 4 N–H and O–H groups in total. The molecule has 0 spiro atoms. The van der Waals surface area contributed by atoms with Crippen molar-refractivity contribution < 1.29 is 23.6 Å². The highest BCUT2D eigenvalue weighted by Gasteiger charge is 2.23. The van der Waals surface area contributed by atoms with Crippen LogP contribution < -0.4 is 21.3 Å². The van der Waals surface area contributed by atoms with Gasteiger partial charge in [0.2, 0.25) is 11.8 Å². The number of carbonyl (C=O) groups excluding carboxylic acids is 4. The molecule has 6 aromatic rings. The molecule has 5 aromatic carbocycles. The van der Waals surface area contributed by atoms with E-state index in [4.69, 9.17) is 4.42 Å². The second-order valence-corrected chi connectivity index (χ2v) is 13.3. The average Bonchev–Trinajstić information content (AvgIpc) is 3.64. The van der Waals surface area contributed by atoms with Crippen molar-refractivity contribution in [1.29, 1.82) is 0 Å². The number of benzene rings is 5. The number of carbonyl (C=O) groups is 4. The van der Waals surface area contributed by atoms with Gasteiger partial charge in [0.25, 0.3) is 11.8 Å². The maximum Gasteiger partial charge on any atom is 0.272 e. The van der Waals surface area contributed by atoms with E-state index >= 15 is 0 Å². The van der Waals surface area contributed by atoms with Crippen LogP contribution in [0.1, 0.15) is 39.4 Å². The number of anilines is 3. The van der Waals surface area contributed by atoms with Gasteiger partial charge in [0.1, 0.15) is 22.5 Å². The highest BCUT2D eigenvalue weighted by Crippen LogP contribution is 2.37. The van der Waals surface area contributed by atoms with Crippen molar-refractivity contribution in [2.45, 2.75) is 24.0 Å². The van der Waals surface area contributed by atoms with E-state index in [0.717, 1.165) is 21.6 Å². The van der Waals surface area contributed by atoms with E-state index in [1.807, 2.05) is 79.7 Å². The summed E-state index contributed by atoms with van der Waals surface area (Å²) in [5.41, 5.74) is 4.92. The summed E-state index contributed by atoms with van der Waals surface area (Å²) in [4.78, 5) is 52.6. The van der Waals surface area contributed by atoms with Crippen LogP contribution in [-0.2, 0) is 14.4 Å². The summed E-state index contributed by atoms with van der Waals surface area (Å²) in [6, 6.07) is 43.5. The van der Waals surface area contributed by atoms with Gasteiger partial charge in [0.05, 0.1) is 0 Å². The number of aryl methyl sites for hydroxylation is 1. The lowest BCUT2D eigenvalue weighted by molar-refractivity contribution is -0.116. The van der Waals surface area contributed by atoms with E-state index in [1.54, 1.807) is 72.8 Å². The smallest absolute Gasteiger partial charge is 0.272 e. The Bertz CT molecular complexity index is 2230. The van der Waals surface area contributed by atoms with Crippen molar-refractivity contribution in [3.63, 3.8) is 0 Å². The van der Waals surface area contributed by atoms with Crippen molar-refractivity contribution in [3.05, 3.63) is 174 Å². The molecular weight excluding hydrogens is 685 g/mol. The molecule has 0 aliphatic heterocycles. The molecule has 0 saturated carbocycles. The highest BCUT2D eigenvalue weighted by molar-refractivity contribution is 8.00. The zero-order valence-electron chi connectivity index (χ0n) is 29.0. The molecule has 53 heavy (non-hydrogen) atoms. The van der Waals surface area contributed by atoms with Crippen LogP contribution in [0, 0.1) is 6.92 Å². The van der Waals surface area contributed by atoms with Crippen molar-refractivity contribution >= 4 is 58.5 Å². The van der Waals surface area contributed by atoms with Gasteiger partial charge in [-0.3, -0.25) is 19.2 Å². The molecule has 0 bridgehead atoms. The Labute approximate surface area is 311 Å². The number of rotatable bonds is 12. The first-order valence-corrected chi connectivity index (χ1v) is 17.6. The van der Waals surface area contributed by atoms with E-state index in [2.05, 4.69) is 21.3 Å². The molecule has 4 amide bonds. The monoisotopic (exact) mass is 720 g/mol. The van der Waals surface area contributed by atoms with Gasteiger partial charge in [-0.15, -0.1) is 11.8 Å². The molecule has 0 aliphatic rings. The Morgan fingerprint density at radius 3 is 1.87 bits per heavy atom. The molecule has 1 aromatic heterocycles. The summed E-state index contributed by atoms with van der Waals surface area (Å²) in [6.07, 6.45) is 1.49. The summed E-state index contributed by atoms with van der Waals surface area (Å²) in [6.45, 7) is 3.44. The molecule has 6 rings (SSSR count).